The topological polar surface area (TPSA) is 18.8 Å². The summed E-state index contributed by atoms with van der Waals surface area (Å²) >= 11 is 0. The molecule has 1 saturated heterocycles. The minimum absolute atomic E-state index is 1.09. The van der Waals surface area contributed by atoms with Crippen molar-refractivity contribution in [2.75, 3.05) is 40.3 Å². The van der Waals surface area contributed by atoms with Gasteiger partial charge in [0.05, 0.1) is 0 Å². The van der Waals surface area contributed by atoms with E-state index in [1.807, 2.05) is 20.0 Å². The molecule has 0 saturated carbocycles. The van der Waals surface area contributed by atoms with Crippen LogP contribution in [0.15, 0.2) is 17.1 Å². The highest BCUT2D eigenvalue weighted by atomic mass is 15.3. The Labute approximate surface area is 80.7 Å². The van der Waals surface area contributed by atoms with E-state index in [4.69, 9.17) is 0 Å². The van der Waals surface area contributed by atoms with Crippen molar-refractivity contribution in [1.29, 1.82) is 0 Å². The van der Waals surface area contributed by atoms with Crippen LogP contribution in [-0.2, 0) is 0 Å². The highest BCUT2D eigenvalue weighted by molar-refractivity contribution is 5.92. The van der Waals surface area contributed by atoms with Crippen molar-refractivity contribution in [1.82, 2.24) is 9.80 Å². The second kappa shape index (κ2) is 5.02. The molecule has 0 bridgehead atoms. The molecule has 0 aromatic rings. The van der Waals surface area contributed by atoms with Gasteiger partial charge in [-0.05, 0) is 20.0 Å². The van der Waals surface area contributed by atoms with Crippen LogP contribution in [0, 0.1) is 0 Å². The lowest BCUT2D eigenvalue weighted by atomic mass is 10.3. The minimum Gasteiger partial charge on any atom is -0.354 e. The van der Waals surface area contributed by atoms with Crippen molar-refractivity contribution >= 4 is 5.84 Å². The van der Waals surface area contributed by atoms with Crippen LogP contribution in [0.1, 0.15) is 6.92 Å². The highest BCUT2D eigenvalue weighted by Crippen LogP contribution is 2.01. The molecule has 13 heavy (non-hydrogen) atoms. The number of allylic oxidation sites excluding steroid dienone is 1. The van der Waals surface area contributed by atoms with Crippen molar-refractivity contribution in [3.63, 3.8) is 0 Å². The van der Waals surface area contributed by atoms with Crippen molar-refractivity contribution in [2.24, 2.45) is 4.99 Å². The Morgan fingerprint density at radius 2 is 1.85 bits per heavy atom. The van der Waals surface area contributed by atoms with Gasteiger partial charge < -0.3 is 9.80 Å². The lowest BCUT2D eigenvalue weighted by molar-refractivity contribution is 0.216. The van der Waals surface area contributed by atoms with Crippen molar-refractivity contribution in [3.05, 3.63) is 12.2 Å². The summed E-state index contributed by atoms with van der Waals surface area (Å²) < 4.78 is 0. The maximum absolute atomic E-state index is 4.26. The SMILES string of the molecule is C/C=C\C(=NC)N1CCN(C)CC1. The van der Waals surface area contributed by atoms with Crippen LogP contribution >= 0.6 is 0 Å². The summed E-state index contributed by atoms with van der Waals surface area (Å²) in [5.74, 6) is 1.11. The zero-order chi connectivity index (χ0) is 9.68. The van der Waals surface area contributed by atoms with Gasteiger partial charge in [-0.3, -0.25) is 4.99 Å². The first-order chi connectivity index (χ1) is 6.27. The number of rotatable bonds is 1. The van der Waals surface area contributed by atoms with Gasteiger partial charge in [-0.25, -0.2) is 0 Å². The predicted molar refractivity (Wildman–Crippen MR) is 57.2 cm³/mol. The fraction of sp³-hybridized carbons (Fsp3) is 0.700. The lowest BCUT2D eigenvalue weighted by Crippen LogP contribution is -2.46. The Morgan fingerprint density at radius 1 is 1.23 bits per heavy atom. The molecule has 1 heterocycles. The number of hydrogen-bond donors (Lipinski definition) is 0. The predicted octanol–water partition coefficient (Wildman–Crippen LogP) is 0.838. The van der Waals surface area contributed by atoms with Gasteiger partial charge in [0.2, 0.25) is 0 Å². The van der Waals surface area contributed by atoms with Crippen LogP contribution in [-0.4, -0.2) is 55.9 Å². The first-order valence-corrected chi connectivity index (χ1v) is 4.81. The summed E-state index contributed by atoms with van der Waals surface area (Å²) in [5.41, 5.74) is 0. The zero-order valence-corrected chi connectivity index (χ0v) is 8.82. The number of aliphatic imine (C=N–C) groups is 1. The van der Waals surface area contributed by atoms with Crippen molar-refractivity contribution in [2.45, 2.75) is 6.92 Å². The molecule has 1 rings (SSSR count). The molecule has 0 unspecified atom stereocenters. The molecule has 1 aliphatic heterocycles. The van der Waals surface area contributed by atoms with Crippen LogP contribution < -0.4 is 0 Å². The normalized spacial score (nSPS) is 21.5. The number of likely N-dealkylation sites (N-methyl/N-ethyl adjacent to an activating group) is 1. The summed E-state index contributed by atoms with van der Waals surface area (Å²) in [6.07, 6.45) is 4.12. The molecule has 0 spiro atoms. The molecule has 1 aliphatic rings. The summed E-state index contributed by atoms with van der Waals surface area (Å²) in [7, 11) is 4.02. The van der Waals surface area contributed by atoms with Crippen LogP contribution in [0.3, 0.4) is 0 Å². The molecule has 1 fully saturated rings. The van der Waals surface area contributed by atoms with Gasteiger partial charge in [0.15, 0.2) is 0 Å². The lowest BCUT2D eigenvalue weighted by Gasteiger charge is -2.33. The molecule has 3 nitrogen and oxygen atoms in total. The first-order valence-electron chi connectivity index (χ1n) is 4.81. The number of hydrogen-bond acceptors (Lipinski definition) is 2. The molecular formula is C10H19N3. The Bertz CT molecular complexity index is 200. The standard InChI is InChI=1S/C10H19N3/c1-4-5-10(11-2)13-8-6-12(3)7-9-13/h4-5H,6-9H2,1-3H3/b5-4-,11-10?. The summed E-state index contributed by atoms with van der Waals surface area (Å²) in [4.78, 5) is 8.94. The van der Waals surface area contributed by atoms with E-state index in [1.54, 1.807) is 0 Å². The van der Waals surface area contributed by atoms with Crippen LogP contribution in [0.5, 0.6) is 0 Å². The van der Waals surface area contributed by atoms with E-state index in [1.165, 1.54) is 0 Å². The molecule has 74 valence electrons. The molecule has 0 aliphatic carbocycles. The van der Waals surface area contributed by atoms with Crippen LogP contribution in [0.2, 0.25) is 0 Å². The molecule has 0 amide bonds. The van der Waals surface area contributed by atoms with Gasteiger partial charge in [0, 0.05) is 33.2 Å². The Hall–Kier alpha value is -0.830. The molecule has 0 aromatic heterocycles. The molecule has 0 atom stereocenters. The Kier molecular flexibility index (Phi) is 3.96. The van der Waals surface area contributed by atoms with E-state index >= 15 is 0 Å². The second-order valence-corrected chi connectivity index (χ2v) is 3.37. The van der Waals surface area contributed by atoms with Crippen molar-refractivity contribution < 1.29 is 0 Å². The first kappa shape index (κ1) is 10.3. The third-order valence-electron chi connectivity index (χ3n) is 2.37. The van der Waals surface area contributed by atoms with Gasteiger partial charge >= 0.3 is 0 Å². The monoisotopic (exact) mass is 181 g/mol. The van der Waals surface area contributed by atoms with E-state index in [-0.39, 0.29) is 0 Å². The van der Waals surface area contributed by atoms with E-state index < -0.39 is 0 Å². The summed E-state index contributed by atoms with van der Waals surface area (Å²) in [5, 5.41) is 0. The zero-order valence-electron chi connectivity index (χ0n) is 8.82. The summed E-state index contributed by atoms with van der Waals surface area (Å²) in [6, 6.07) is 0. The molecule has 0 N–H and O–H groups in total. The molecule has 0 radical (unpaired) electrons. The second-order valence-electron chi connectivity index (χ2n) is 3.37. The fourth-order valence-corrected chi connectivity index (χ4v) is 1.51. The van der Waals surface area contributed by atoms with E-state index in [2.05, 4.69) is 27.9 Å². The smallest absolute Gasteiger partial charge is 0.122 e. The van der Waals surface area contributed by atoms with E-state index in [0.717, 1.165) is 32.0 Å². The van der Waals surface area contributed by atoms with Crippen LogP contribution in [0.4, 0.5) is 0 Å². The van der Waals surface area contributed by atoms with Gasteiger partial charge in [-0.2, -0.15) is 0 Å². The average Bonchev–Trinajstić information content (AvgIpc) is 2.16. The number of piperazine rings is 1. The van der Waals surface area contributed by atoms with Gasteiger partial charge in [-0.15, -0.1) is 0 Å². The molecule has 0 aromatic carbocycles. The van der Waals surface area contributed by atoms with E-state index in [0.29, 0.717) is 0 Å². The average molecular weight is 181 g/mol. The van der Waals surface area contributed by atoms with Crippen molar-refractivity contribution in [3.8, 4) is 0 Å². The molecular weight excluding hydrogens is 162 g/mol. The number of amidine groups is 1. The maximum atomic E-state index is 4.26. The van der Waals surface area contributed by atoms with E-state index in [9.17, 15) is 0 Å². The third-order valence-corrected chi connectivity index (χ3v) is 2.37. The van der Waals surface area contributed by atoms with Gasteiger partial charge in [0.1, 0.15) is 5.84 Å². The highest BCUT2D eigenvalue weighted by Gasteiger charge is 2.14. The Morgan fingerprint density at radius 3 is 2.31 bits per heavy atom. The fourth-order valence-electron chi connectivity index (χ4n) is 1.51. The maximum Gasteiger partial charge on any atom is 0.122 e. The minimum atomic E-state index is 1.09. The van der Waals surface area contributed by atoms with Gasteiger partial charge in [0.25, 0.3) is 0 Å². The number of nitrogens with zero attached hydrogens (tertiary/aromatic N) is 3. The van der Waals surface area contributed by atoms with Crippen LogP contribution in [0.25, 0.3) is 0 Å². The molecule has 3 heteroatoms. The summed E-state index contributed by atoms with van der Waals surface area (Å²) in [6.45, 7) is 6.48. The largest absolute Gasteiger partial charge is 0.354 e. The van der Waals surface area contributed by atoms with Gasteiger partial charge in [-0.1, -0.05) is 6.08 Å². The Balaban J connectivity index is 2.52. The quantitative estimate of drug-likeness (QED) is 0.441. The third kappa shape index (κ3) is 2.84.